The van der Waals surface area contributed by atoms with Gasteiger partial charge in [0.1, 0.15) is 15.8 Å². The van der Waals surface area contributed by atoms with E-state index in [0.29, 0.717) is 39.3 Å². The summed E-state index contributed by atoms with van der Waals surface area (Å²) in [5, 5.41) is 0. The molecule has 0 atom stereocenters. The quantitative estimate of drug-likeness (QED) is 0.321. The number of aromatic nitrogens is 2. The van der Waals surface area contributed by atoms with Gasteiger partial charge in [0, 0.05) is 45.0 Å². The van der Waals surface area contributed by atoms with Crippen LogP contribution in [0.4, 0.5) is 5.82 Å². The van der Waals surface area contributed by atoms with Gasteiger partial charge in [-0.25, -0.2) is 4.98 Å². The van der Waals surface area contributed by atoms with Crippen LogP contribution < -0.4 is 19.9 Å². The molecular weight excluding hydrogens is 558 g/mol. The van der Waals surface area contributed by atoms with Gasteiger partial charge in [0.25, 0.3) is 11.5 Å². The van der Waals surface area contributed by atoms with Crippen molar-refractivity contribution in [1.29, 1.82) is 0 Å². The Hall–Kier alpha value is -3.41. The van der Waals surface area contributed by atoms with Crippen LogP contribution >= 0.6 is 24.0 Å². The van der Waals surface area contributed by atoms with E-state index >= 15 is 0 Å². The molecule has 1 aromatic carbocycles. The van der Waals surface area contributed by atoms with Gasteiger partial charge in [0.05, 0.1) is 10.5 Å². The second-order valence-corrected chi connectivity index (χ2v) is 12.7. The van der Waals surface area contributed by atoms with E-state index in [9.17, 15) is 9.59 Å². The second kappa shape index (κ2) is 10.8. The summed E-state index contributed by atoms with van der Waals surface area (Å²) in [6, 6.07) is 10.1. The van der Waals surface area contributed by atoms with Crippen LogP contribution in [0.1, 0.15) is 42.4 Å². The van der Waals surface area contributed by atoms with Crippen molar-refractivity contribution >= 4 is 51.7 Å². The zero-order chi connectivity index (χ0) is 28.1. The summed E-state index contributed by atoms with van der Waals surface area (Å²) in [6.45, 7) is 6.07. The fourth-order valence-electron chi connectivity index (χ4n) is 6.17. The largest absolute Gasteiger partial charge is 0.454 e. The lowest BCUT2D eigenvalue weighted by molar-refractivity contribution is -0.123. The van der Waals surface area contributed by atoms with Gasteiger partial charge >= 0.3 is 0 Å². The lowest BCUT2D eigenvalue weighted by atomic mass is 10.1. The predicted octanol–water partition coefficient (Wildman–Crippen LogP) is 4.20. The maximum Gasteiger partial charge on any atom is 0.267 e. The van der Waals surface area contributed by atoms with E-state index < -0.39 is 0 Å². The summed E-state index contributed by atoms with van der Waals surface area (Å²) in [4.78, 5) is 39.2. The molecule has 1 aliphatic carbocycles. The first-order valence-electron chi connectivity index (χ1n) is 14.1. The minimum Gasteiger partial charge on any atom is -0.454 e. The molecule has 3 fully saturated rings. The van der Waals surface area contributed by atoms with Gasteiger partial charge in [0.2, 0.25) is 6.79 Å². The van der Waals surface area contributed by atoms with Gasteiger partial charge in [-0.05, 0) is 55.2 Å². The number of fused-ring (bicyclic) bond motifs is 2. The van der Waals surface area contributed by atoms with Crippen LogP contribution in [0.5, 0.6) is 11.5 Å². The van der Waals surface area contributed by atoms with Crippen LogP contribution in [0.15, 0.2) is 46.2 Å². The Morgan fingerprint density at radius 3 is 2.66 bits per heavy atom. The van der Waals surface area contributed by atoms with E-state index in [2.05, 4.69) is 15.9 Å². The summed E-state index contributed by atoms with van der Waals surface area (Å²) >= 11 is 6.92. The molecule has 0 spiro atoms. The van der Waals surface area contributed by atoms with Gasteiger partial charge < -0.3 is 14.4 Å². The third-order valence-corrected chi connectivity index (χ3v) is 9.70. The average Bonchev–Trinajstić information content (AvgIpc) is 3.72. The molecular formula is C30H31N5O4S2. The zero-order valence-electron chi connectivity index (χ0n) is 22.9. The molecule has 2 aromatic heterocycles. The second-order valence-electron chi connectivity index (χ2n) is 11.0. The number of benzene rings is 1. The number of amides is 1. The number of hydrogen-bond donors (Lipinski definition) is 0. The highest BCUT2D eigenvalue weighted by molar-refractivity contribution is 8.26. The number of nitrogens with zero attached hydrogens (tertiary/aromatic N) is 5. The molecule has 1 saturated carbocycles. The monoisotopic (exact) mass is 589 g/mol. The highest BCUT2D eigenvalue weighted by Crippen LogP contribution is 2.38. The topological polar surface area (TPSA) is 79.6 Å². The number of anilines is 1. The molecule has 5 heterocycles. The normalized spacial score (nSPS) is 20.8. The molecule has 0 N–H and O–H groups in total. The first-order chi connectivity index (χ1) is 20.0. The number of carbonyl (C=O) groups is 1. The molecule has 4 aliphatic rings. The van der Waals surface area contributed by atoms with Crippen molar-refractivity contribution in [3.8, 4) is 11.5 Å². The lowest BCUT2D eigenvalue weighted by Crippen LogP contribution is -2.47. The molecule has 0 unspecified atom stereocenters. The Kier molecular flexibility index (Phi) is 6.96. The SMILES string of the molecule is Cc1cccn2c(=O)c(C=C3SC(=S)N(C4CCCC4)C3=O)c(N3CCN(Cc4ccc5c(c4)OCO5)CC3)nc12. The van der Waals surface area contributed by atoms with E-state index in [1.165, 1.54) is 17.3 Å². The maximum atomic E-state index is 13.9. The van der Waals surface area contributed by atoms with Gasteiger partial charge in [-0.1, -0.05) is 49.0 Å². The van der Waals surface area contributed by atoms with Gasteiger partial charge in [-0.2, -0.15) is 0 Å². The van der Waals surface area contributed by atoms with Crippen molar-refractivity contribution in [2.45, 2.75) is 45.2 Å². The smallest absolute Gasteiger partial charge is 0.267 e. The van der Waals surface area contributed by atoms with Crippen LogP contribution in [0.3, 0.4) is 0 Å². The lowest BCUT2D eigenvalue weighted by Gasteiger charge is -2.36. The third kappa shape index (κ3) is 4.89. The molecule has 11 heteroatoms. The molecule has 0 bridgehead atoms. The zero-order valence-corrected chi connectivity index (χ0v) is 24.5. The van der Waals surface area contributed by atoms with E-state index in [0.717, 1.165) is 62.4 Å². The Bertz CT molecular complexity index is 1640. The summed E-state index contributed by atoms with van der Waals surface area (Å²) in [6.07, 6.45) is 7.64. The minimum absolute atomic E-state index is 0.0971. The molecule has 0 radical (unpaired) electrons. The molecule has 3 aliphatic heterocycles. The standard InChI is InChI=1S/C30H31N5O4S2/c1-19-5-4-10-34-26(19)31-27(22(28(34)36)16-25-29(37)35(30(40)41-25)21-6-2-3-7-21)33-13-11-32(12-14-33)17-20-8-9-23-24(15-20)39-18-38-23/h4-5,8-10,15-16,21H,2-3,6-7,11-14,17-18H2,1H3. The van der Waals surface area contributed by atoms with Crippen molar-refractivity contribution in [2.24, 2.45) is 0 Å². The number of aryl methyl sites for hydroxylation is 1. The Morgan fingerprint density at radius 2 is 1.85 bits per heavy atom. The van der Waals surface area contributed by atoms with Crippen LogP contribution in [0.2, 0.25) is 0 Å². The summed E-state index contributed by atoms with van der Waals surface area (Å²) < 4.78 is 13.2. The predicted molar refractivity (Wildman–Crippen MR) is 164 cm³/mol. The van der Waals surface area contributed by atoms with Crippen molar-refractivity contribution < 1.29 is 14.3 Å². The van der Waals surface area contributed by atoms with Gasteiger partial charge in [0.15, 0.2) is 11.5 Å². The Labute approximate surface area is 247 Å². The Morgan fingerprint density at radius 1 is 1.07 bits per heavy atom. The number of thioether (sulfide) groups is 1. The van der Waals surface area contributed by atoms with Crippen molar-refractivity contribution in [3.63, 3.8) is 0 Å². The van der Waals surface area contributed by atoms with Crippen LogP contribution in [0, 0.1) is 6.92 Å². The van der Waals surface area contributed by atoms with Crippen LogP contribution in [-0.2, 0) is 11.3 Å². The van der Waals surface area contributed by atoms with E-state index in [1.807, 2.05) is 31.2 Å². The Balaban J connectivity index is 1.18. The maximum absolute atomic E-state index is 13.9. The highest BCUT2D eigenvalue weighted by Gasteiger charge is 2.38. The molecule has 7 rings (SSSR count). The highest BCUT2D eigenvalue weighted by atomic mass is 32.2. The fraction of sp³-hybridized carbons (Fsp3) is 0.400. The number of rotatable bonds is 5. The number of ether oxygens (including phenoxy) is 2. The fourth-order valence-corrected chi connectivity index (χ4v) is 7.55. The van der Waals surface area contributed by atoms with Gasteiger partial charge in [-0.3, -0.25) is 23.8 Å². The summed E-state index contributed by atoms with van der Waals surface area (Å²) in [5.41, 5.74) is 2.98. The molecule has 9 nitrogen and oxygen atoms in total. The van der Waals surface area contributed by atoms with Gasteiger partial charge in [-0.15, -0.1) is 0 Å². The third-order valence-electron chi connectivity index (χ3n) is 8.37. The van der Waals surface area contributed by atoms with E-state index in [4.69, 9.17) is 26.7 Å². The van der Waals surface area contributed by atoms with E-state index in [1.54, 1.807) is 21.6 Å². The first kappa shape index (κ1) is 26.5. The molecule has 2 saturated heterocycles. The van der Waals surface area contributed by atoms with Crippen molar-refractivity contribution in [2.75, 3.05) is 37.9 Å². The minimum atomic E-state index is -0.178. The van der Waals surface area contributed by atoms with E-state index in [-0.39, 0.29) is 24.3 Å². The number of thiocarbonyl (C=S) groups is 1. The number of pyridine rings is 1. The number of hydrogen-bond acceptors (Lipinski definition) is 9. The average molecular weight is 590 g/mol. The summed E-state index contributed by atoms with van der Waals surface area (Å²) in [7, 11) is 0. The molecule has 41 heavy (non-hydrogen) atoms. The number of piperazine rings is 1. The molecule has 3 aromatic rings. The van der Waals surface area contributed by atoms with Crippen LogP contribution in [0.25, 0.3) is 11.7 Å². The van der Waals surface area contributed by atoms with Crippen LogP contribution in [-0.4, -0.2) is 68.4 Å². The van der Waals surface area contributed by atoms with Crippen molar-refractivity contribution in [1.82, 2.24) is 19.2 Å². The first-order valence-corrected chi connectivity index (χ1v) is 15.3. The molecule has 1 amide bonds. The number of carbonyl (C=O) groups excluding carboxylic acids is 1. The summed E-state index contributed by atoms with van der Waals surface area (Å²) in [5.74, 6) is 2.11. The van der Waals surface area contributed by atoms with Crippen molar-refractivity contribution in [3.05, 3.63) is 68.5 Å². The molecule has 212 valence electrons.